The van der Waals surface area contributed by atoms with Crippen molar-refractivity contribution in [3.63, 3.8) is 0 Å². The number of nitrogens with one attached hydrogen (secondary N) is 2. The van der Waals surface area contributed by atoms with E-state index in [4.69, 9.17) is 9.84 Å². The molecule has 1 aliphatic heterocycles. The molecule has 0 radical (unpaired) electrons. The van der Waals surface area contributed by atoms with Gasteiger partial charge in [0.1, 0.15) is 18.6 Å². The molecule has 3 aromatic rings. The summed E-state index contributed by atoms with van der Waals surface area (Å²) in [4.78, 5) is 13.1. The smallest absolute Gasteiger partial charge is 0.406 e. The van der Waals surface area contributed by atoms with Gasteiger partial charge < -0.3 is 40.8 Å². The molecule has 0 spiro atoms. The summed E-state index contributed by atoms with van der Waals surface area (Å²) in [6.07, 6.45) is -2.89. The van der Waals surface area contributed by atoms with Gasteiger partial charge in [-0.2, -0.15) is 13.2 Å². The first-order valence-electron chi connectivity index (χ1n) is 13.6. The van der Waals surface area contributed by atoms with Gasteiger partial charge in [0, 0.05) is 42.3 Å². The molecule has 1 unspecified atom stereocenters. The molecule has 2 heterocycles. The molecular formula is C30H38F3N5O4. The minimum atomic E-state index is -4.43. The number of nitrogens with zero attached hydrogens (tertiary/aromatic N) is 2. The third kappa shape index (κ3) is 8.87. The zero-order chi connectivity index (χ0) is 30.7. The van der Waals surface area contributed by atoms with Crippen molar-refractivity contribution in [2.24, 2.45) is 5.73 Å². The number of anilines is 2. The van der Waals surface area contributed by atoms with Gasteiger partial charge in [0.05, 0.1) is 43.3 Å². The fourth-order valence-corrected chi connectivity index (χ4v) is 4.90. The third-order valence-corrected chi connectivity index (χ3v) is 6.86. The largest absolute Gasteiger partial charge is 0.495 e. The lowest BCUT2D eigenvalue weighted by Crippen LogP contribution is -2.43. The van der Waals surface area contributed by atoms with Crippen LogP contribution in [-0.4, -0.2) is 91.2 Å². The summed E-state index contributed by atoms with van der Waals surface area (Å²) < 4.78 is 47.1. The van der Waals surface area contributed by atoms with Gasteiger partial charge in [-0.05, 0) is 62.2 Å². The summed E-state index contributed by atoms with van der Waals surface area (Å²) in [5, 5.41) is 26.0. The number of likely N-dealkylation sites (tertiary alicyclic amines) is 1. The number of halogens is 3. The van der Waals surface area contributed by atoms with Crippen LogP contribution in [0.5, 0.6) is 5.75 Å². The lowest BCUT2D eigenvalue weighted by molar-refractivity contribution is -0.140. The molecule has 0 bridgehead atoms. The van der Waals surface area contributed by atoms with Gasteiger partial charge in [0.25, 0.3) is 0 Å². The molecule has 228 valence electrons. The minimum absolute atomic E-state index is 0.124. The lowest BCUT2D eigenvalue weighted by Gasteiger charge is -2.33. The Balaban J connectivity index is 0.00000237. The Kier molecular flexibility index (Phi) is 12.1. The number of aromatic nitrogens is 1. The highest BCUT2D eigenvalue weighted by Gasteiger charge is 2.30. The van der Waals surface area contributed by atoms with Crippen molar-refractivity contribution in [1.29, 1.82) is 0 Å². The zero-order valence-corrected chi connectivity index (χ0v) is 23.7. The number of aliphatic hydroxyl groups excluding tert-OH is 2. The summed E-state index contributed by atoms with van der Waals surface area (Å²) in [5.74, 6) is 6.26. The van der Waals surface area contributed by atoms with Crippen molar-refractivity contribution >= 4 is 28.6 Å². The maximum Gasteiger partial charge on any atom is 0.406 e. The number of methoxy groups -OCH3 is 1. The number of hydrogen-bond donors (Lipinski definition) is 5. The standard InChI is InChI=1S/C29H33F3N4O4.CH5N/c1-40-28-14-20(17-37)7-8-26(28)33-11-3-4-22-15-24-25(5-2-6-27(24)36(22)19-29(30,31)32)34-21-9-12-35(13-10-21)16-23(39)18-38;1-2/h2,5-8,14-15,17,21,23,33-34,38-39H,9-13,16,18-19H2,1H3;2H2,1H3. The Hall–Kier alpha value is -3.76. The molecule has 12 heteroatoms. The van der Waals surface area contributed by atoms with Gasteiger partial charge in [0.2, 0.25) is 0 Å². The summed E-state index contributed by atoms with van der Waals surface area (Å²) >= 11 is 0. The average Bonchev–Trinajstić information content (AvgIpc) is 3.33. The number of aldehydes is 1. The maximum absolute atomic E-state index is 13.5. The van der Waals surface area contributed by atoms with Crippen molar-refractivity contribution in [1.82, 2.24) is 9.47 Å². The van der Waals surface area contributed by atoms with Crippen LogP contribution in [0, 0.1) is 11.8 Å². The van der Waals surface area contributed by atoms with E-state index in [0.717, 1.165) is 31.6 Å². The highest BCUT2D eigenvalue weighted by atomic mass is 19.4. The molecule has 2 aromatic carbocycles. The Bertz CT molecular complexity index is 1370. The van der Waals surface area contributed by atoms with E-state index in [-0.39, 0.29) is 24.9 Å². The van der Waals surface area contributed by atoms with Gasteiger partial charge in [-0.25, -0.2) is 0 Å². The minimum Gasteiger partial charge on any atom is -0.495 e. The number of fused-ring (bicyclic) bond motifs is 1. The third-order valence-electron chi connectivity index (χ3n) is 6.86. The SMILES string of the molecule is CN.COc1cc(C=O)ccc1NCC#Cc1cc2c(NC3CCN(CC(O)CO)CC3)cccc2n1CC(F)(F)F. The van der Waals surface area contributed by atoms with E-state index in [1.54, 1.807) is 36.4 Å². The molecule has 42 heavy (non-hydrogen) atoms. The van der Waals surface area contributed by atoms with Crippen molar-refractivity contribution < 1.29 is 32.9 Å². The first-order valence-corrected chi connectivity index (χ1v) is 13.6. The van der Waals surface area contributed by atoms with Crippen LogP contribution >= 0.6 is 0 Å². The lowest BCUT2D eigenvalue weighted by atomic mass is 10.0. The highest BCUT2D eigenvalue weighted by molar-refractivity contribution is 5.94. The summed E-state index contributed by atoms with van der Waals surface area (Å²) in [7, 11) is 2.98. The fourth-order valence-electron chi connectivity index (χ4n) is 4.90. The second kappa shape index (κ2) is 15.5. The van der Waals surface area contributed by atoms with Crippen molar-refractivity contribution in [3.8, 4) is 17.6 Å². The van der Waals surface area contributed by atoms with Crippen LogP contribution < -0.4 is 21.1 Å². The van der Waals surface area contributed by atoms with Gasteiger partial charge in [0.15, 0.2) is 0 Å². The zero-order valence-electron chi connectivity index (χ0n) is 23.7. The van der Waals surface area contributed by atoms with E-state index in [1.807, 2.05) is 6.07 Å². The molecule has 1 saturated heterocycles. The first-order chi connectivity index (χ1) is 20.2. The number of β-amino-alcohol motifs (C(OH)–C–C–N with tert-alkyl or cyclic N) is 1. The number of piperidine rings is 1. The van der Waals surface area contributed by atoms with Crippen LogP contribution in [0.2, 0.25) is 0 Å². The highest BCUT2D eigenvalue weighted by Crippen LogP contribution is 2.31. The van der Waals surface area contributed by atoms with E-state index < -0.39 is 18.8 Å². The molecule has 0 amide bonds. The van der Waals surface area contributed by atoms with Crippen molar-refractivity contribution in [2.75, 3.05) is 57.6 Å². The number of benzene rings is 2. The van der Waals surface area contributed by atoms with Crippen LogP contribution in [0.3, 0.4) is 0 Å². The first kappa shape index (κ1) is 32.8. The Morgan fingerprint density at radius 2 is 1.90 bits per heavy atom. The van der Waals surface area contributed by atoms with Crippen LogP contribution in [0.25, 0.3) is 10.9 Å². The van der Waals surface area contributed by atoms with Crippen molar-refractivity contribution in [3.05, 3.63) is 53.7 Å². The number of carbonyl (C=O) groups is 1. The number of aliphatic hydroxyl groups is 2. The molecule has 4 rings (SSSR count). The average molecular weight is 590 g/mol. The molecule has 9 nitrogen and oxygen atoms in total. The van der Waals surface area contributed by atoms with E-state index in [9.17, 15) is 23.1 Å². The number of nitrogens with two attached hydrogens (primary N) is 1. The molecule has 6 N–H and O–H groups in total. The van der Waals surface area contributed by atoms with E-state index in [2.05, 4.69) is 33.1 Å². The van der Waals surface area contributed by atoms with Gasteiger partial charge in [-0.3, -0.25) is 4.79 Å². The second-order valence-corrected chi connectivity index (χ2v) is 9.76. The number of rotatable bonds is 10. The van der Waals surface area contributed by atoms with Crippen molar-refractivity contribution in [2.45, 2.75) is 37.7 Å². The second-order valence-electron chi connectivity index (χ2n) is 9.76. The van der Waals surface area contributed by atoms with Crippen LogP contribution in [0.15, 0.2) is 42.5 Å². The predicted octanol–water partition coefficient (Wildman–Crippen LogP) is 3.29. The number of carbonyl (C=O) groups excluding carboxylic acids is 1. The molecule has 1 fully saturated rings. The topological polar surface area (TPSA) is 125 Å². The van der Waals surface area contributed by atoms with Crippen LogP contribution in [-0.2, 0) is 6.54 Å². The van der Waals surface area contributed by atoms with E-state index >= 15 is 0 Å². The molecule has 0 aliphatic carbocycles. The van der Waals surface area contributed by atoms with Gasteiger partial charge in [-0.15, -0.1) is 0 Å². The number of hydrogen-bond acceptors (Lipinski definition) is 8. The number of alkyl halides is 3. The van der Waals surface area contributed by atoms with Crippen LogP contribution in [0.1, 0.15) is 28.9 Å². The summed E-state index contributed by atoms with van der Waals surface area (Å²) in [6.45, 7) is 0.604. The Morgan fingerprint density at radius 1 is 1.17 bits per heavy atom. The predicted molar refractivity (Wildman–Crippen MR) is 158 cm³/mol. The molecule has 1 aromatic heterocycles. The monoisotopic (exact) mass is 589 g/mol. The Labute approximate surface area is 243 Å². The van der Waals surface area contributed by atoms with Gasteiger partial charge in [-0.1, -0.05) is 12.0 Å². The Morgan fingerprint density at radius 3 is 2.55 bits per heavy atom. The molecule has 0 saturated carbocycles. The van der Waals surface area contributed by atoms with E-state index in [1.165, 1.54) is 18.7 Å². The normalized spacial score (nSPS) is 14.8. The van der Waals surface area contributed by atoms with E-state index in [0.29, 0.717) is 40.7 Å². The molecule has 1 atom stereocenters. The summed E-state index contributed by atoms with van der Waals surface area (Å²) in [6, 6.07) is 12.0. The molecular weight excluding hydrogens is 551 g/mol. The summed E-state index contributed by atoms with van der Waals surface area (Å²) in [5.41, 5.74) is 7.00. The quantitative estimate of drug-likeness (QED) is 0.180. The maximum atomic E-state index is 13.5. The van der Waals surface area contributed by atoms with Crippen LogP contribution in [0.4, 0.5) is 24.5 Å². The molecule has 1 aliphatic rings. The fraction of sp³-hybridized carbons (Fsp3) is 0.433. The van der Waals surface area contributed by atoms with Gasteiger partial charge >= 0.3 is 6.18 Å². The number of ether oxygens (including phenoxy) is 1.